The molecule has 0 saturated carbocycles. The fraction of sp³-hybridized carbons (Fsp3) is 0.467. The number of aryl methyl sites for hydroxylation is 1. The number of benzene rings is 1. The number of hydrogen-bond donors (Lipinski definition) is 1. The largest absolute Gasteiger partial charge is 0.494 e. The van der Waals surface area contributed by atoms with Crippen molar-refractivity contribution in [2.75, 3.05) is 7.11 Å². The molecule has 0 aliphatic rings. The van der Waals surface area contributed by atoms with Crippen LogP contribution in [0.5, 0.6) is 5.75 Å². The molecule has 1 aromatic carbocycles. The highest BCUT2D eigenvalue weighted by atomic mass is 35.5. The molecule has 0 unspecified atom stereocenters. The van der Waals surface area contributed by atoms with E-state index in [1.807, 2.05) is 13.0 Å². The Bertz CT molecular complexity index is 658. The highest BCUT2D eigenvalue weighted by Crippen LogP contribution is 2.33. The van der Waals surface area contributed by atoms with Gasteiger partial charge in [0.05, 0.1) is 12.8 Å². The van der Waals surface area contributed by atoms with Crippen molar-refractivity contribution in [1.29, 1.82) is 0 Å². The first-order valence-corrected chi connectivity index (χ1v) is 7.17. The van der Waals surface area contributed by atoms with Crippen molar-refractivity contribution in [3.63, 3.8) is 0 Å². The summed E-state index contributed by atoms with van der Waals surface area (Å²) in [6.45, 7) is 8.62. The predicted octanol–water partition coefficient (Wildman–Crippen LogP) is 2.99. The summed E-state index contributed by atoms with van der Waals surface area (Å²) in [4.78, 5) is 0. The van der Waals surface area contributed by atoms with Gasteiger partial charge in [0.1, 0.15) is 17.1 Å². The van der Waals surface area contributed by atoms with Crippen molar-refractivity contribution in [1.82, 2.24) is 15.0 Å². The molecule has 6 heteroatoms. The second-order valence-corrected chi connectivity index (χ2v) is 6.43. The second kappa shape index (κ2) is 5.66. The lowest BCUT2D eigenvalue weighted by molar-refractivity contribution is 0.409. The van der Waals surface area contributed by atoms with E-state index in [9.17, 15) is 0 Å². The summed E-state index contributed by atoms with van der Waals surface area (Å²) in [5, 5.41) is 9.13. The molecule has 2 rings (SSSR count). The average molecular weight is 309 g/mol. The molecule has 2 aromatic rings. The maximum Gasteiger partial charge on any atom is 0.146 e. The third-order valence-corrected chi connectivity index (χ3v) is 3.74. The first-order valence-electron chi connectivity index (χ1n) is 6.79. The topological polar surface area (TPSA) is 66.0 Å². The smallest absolute Gasteiger partial charge is 0.146 e. The Morgan fingerprint density at radius 2 is 2.00 bits per heavy atom. The number of nitrogens with zero attached hydrogens (tertiary/aromatic N) is 3. The Morgan fingerprint density at radius 3 is 2.52 bits per heavy atom. The van der Waals surface area contributed by atoms with Gasteiger partial charge in [0.25, 0.3) is 0 Å². The molecule has 0 radical (unpaired) electrons. The number of nitrogens with two attached hydrogens (primary N) is 1. The molecule has 0 fully saturated rings. The molecular formula is C15H21ClN4O. The number of ether oxygens (including phenoxy) is 1. The molecule has 0 saturated heterocycles. The molecule has 1 heterocycles. The molecule has 0 amide bonds. The van der Waals surface area contributed by atoms with Crippen LogP contribution in [0.3, 0.4) is 0 Å². The van der Waals surface area contributed by atoms with Crippen molar-refractivity contribution in [3.05, 3.63) is 34.1 Å². The van der Waals surface area contributed by atoms with Crippen LogP contribution >= 0.6 is 11.6 Å². The molecule has 21 heavy (non-hydrogen) atoms. The van der Waals surface area contributed by atoms with E-state index in [0.717, 1.165) is 22.6 Å². The third kappa shape index (κ3) is 2.89. The fourth-order valence-corrected chi connectivity index (χ4v) is 2.50. The van der Waals surface area contributed by atoms with Gasteiger partial charge in [-0.15, -0.1) is 5.10 Å². The van der Waals surface area contributed by atoms with Crippen LogP contribution in [0.4, 0.5) is 0 Å². The van der Waals surface area contributed by atoms with Crippen molar-refractivity contribution >= 4 is 11.6 Å². The molecule has 5 nitrogen and oxygen atoms in total. The fourth-order valence-electron chi connectivity index (χ4n) is 2.35. The normalized spacial score (nSPS) is 11.8. The van der Waals surface area contributed by atoms with E-state index >= 15 is 0 Å². The summed E-state index contributed by atoms with van der Waals surface area (Å²) >= 11 is 6.17. The molecule has 114 valence electrons. The van der Waals surface area contributed by atoms with E-state index in [4.69, 9.17) is 22.1 Å². The van der Waals surface area contributed by atoms with E-state index < -0.39 is 0 Å². The van der Waals surface area contributed by atoms with Crippen LogP contribution in [-0.2, 0) is 12.0 Å². The van der Waals surface area contributed by atoms with Gasteiger partial charge in [-0.3, -0.25) is 0 Å². The van der Waals surface area contributed by atoms with Gasteiger partial charge < -0.3 is 10.5 Å². The van der Waals surface area contributed by atoms with E-state index in [2.05, 4.69) is 31.1 Å². The first-order chi connectivity index (χ1) is 9.79. The lowest BCUT2D eigenvalue weighted by Crippen LogP contribution is -2.21. The summed E-state index contributed by atoms with van der Waals surface area (Å²) < 4.78 is 7.24. The van der Waals surface area contributed by atoms with Crippen LogP contribution in [-0.4, -0.2) is 22.1 Å². The summed E-state index contributed by atoms with van der Waals surface area (Å²) in [6.07, 6.45) is 0. The van der Waals surface area contributed by atoms with Gasteiger partial charge in [-0.2, -0.15) is 0 Å². The number of rotatable bonds is 3. The molecule has 2 N–H and O–H groups in total. The number of hydrogen-bond acceptors (Lipinski definition) is 4. The van der Waals surface area contributed by atoms with Crippen LogP contribution in [0, 0.1) is 6.92 Å². The Hall–Kier alpha value is -1.59. The van der Waals surface area contributed by atoms with Crippen LogP contribution in [0.25, 0.3) is 5.69 Å². The lowest BCUT2D eigenvalue weighted by Gasteiger charge is -2.22. The summed E-state index contributed by atoms with van der Waals surface area (Å²) in [5.41, 5.74) is 9.19. The zero-order valence-corrected chi connectivity index (χ0v) is 13.8. The van der Waals surface area contributed by atoms with Crippen LogP contribution < -0.4 is 10.5 Å². The lowest BCUT2D eigenvalue weighted by atomic mass is 9.90. The minimum absolute atomic E-state index is 0.142. The van der Waals surface area contributed by atoms with E-state index in [1.165, 1.54) is 0 Å². The first kappa shape index (κ1) is 15.8. The van der Waals surface area contributed by atoms with Gasteiger partial charge >= 0.3 is 0 Å². The van der Waals surface area contributed by atoms with Crippen LogP contribution in [0.15, 0.2) is 12.1 Å². The maximum absolute atomic E-state index is 6.17. The Labute approximate surface area is 130 Å². The van der Waals surface area contributed by atoms with Gasteiger partial charge in [-0.05, 0) is 18.6 Å². The predicted molar refractivity (Wildman–Crippen MR) is 84.2 cm³/mol. The maximum atomic E-state index is 6.17. The molecule has 0 bridgehead atoms. The number of aromatic nitrogens is 3. The third-order valence-electron chi connectivity index (χ3n) is 3.33. The summed E-state index contributed by atoms with van der Waals surface area (Å²) in [5.74, 6) is 0.657. The SMILES string of the molecule is COc1cc(Cl)c(C)cc1-n1nnc(CN)c1C(C)(C)C. The summed E-state index contributed by atoms with van der Waals surface area (Å²) in [6, 6.07) is 3.74. The van der Waals surface area contributed by atoms with Crippen LogP contribution in [0.1, 0.15) is 37.7 Å². The standard InChI is InChI=1S/C15H21ClN4O/c1-9-6-12(13(21-5)7-10(9)16)20-14(15(2,3)4)11(8-17)18-19-20/h6-7H,8,17H2,1-5H3. The molecular weight excluding hydrogens is 288 g/mol. The number of halogens is 1. The molecule has 0 aliphatic carbocycles. The Kier molecular flexibility index (Phi) is 4.25. The van der Waals surface area contributed by atoms with Crippen molar-refractivity contribution in [2.45, 2.75) is 39.7 Å². The highest BCUT2D eigenvalue weighted by Gasteiger charge is 2.26. The van der Waals surface area contributed by atoms with Crippen molar-refractivity contribution in [3.8, 4) is 11.4 Å². The van der Waals surface area contributed by atoms with E-state index in [-0.39, 0.29) is 5.41 Å². The van der Waals surface area contributed by atoms with E-state index in [1.54, 1.807) is 17.9 Å². The quantitative estimate of drug-likeness (QED) is 0.946. The van der Waals surface area contributed by atoms with Crippen molar-refractivity contribution in [2.24, 2.45) is 5.73 Å². The molecule has 0 aliphatic heterocycles. The molecule has 0 spiro atoms. The van der Waals surface area contributed by atoms with Gasteiger partial charge in [0.15, 0.2) is 0 Å². The average Bonchev–Trinajstić information content (AvgIpc) is 2.85. The van der Waals surface area contributed by atoms with Crippen molar-refractivity contribution < 1.29 is 4.74 Å². The van der Waals surface area contributed by atoms with Crippen LogP contribution in [0.2, 0.25) is 5.02 Å². The monoisotopic (exact) mass is 308 g/mol. The number of methoxy groups -OCH3 is 1. The molecule has 1 aromatic heterocycles. The zero-order chi connectivity index (χ0) is 15.8. The van der Waals surface area contributed by atoms with Gasteiger partial charge in [0, 0.05) is 23.0 Å². The Morgan fingerprint density at radius 1 is 1.33 bits per heavy atom. The second-order valence-electron chi connectivity index (χ2n) is 6.02. The molecule has 0 atom stereocenters. The summed E-state index contributed by atoms with van der Waals surface area (Å²) in [7, 11) is 1.61. The minimum atomic E-state index is -0.142. The van der Waals surface area contributed by atoms with Gasteiger partial charge in [-0.1, -0.05) is 37.6 Å². The van der Waals surface area contributed by atoms with E-state index in [0.29, 0.717) is 17.3 Å². The zero-order valence-electron chi connectivity index (χ0n) is 13.1. The minimum Gasteiger partial charge on any atom is -0.494 e. The Balaban J connectivity index is 2.73. The highest BCUT2D eigenvalue weighted by molar-refractivity contribution is 6.31. The van der Waals surface area contributed by atoms with Gasteiger partial charge in [0.2, 0.25) is 0 Å². The van der Waals surface area contributed by atoms with Gasteiger partial charge in [-0.25, -0.2) is 4.68 Å².